The molecule has 1 atom stereocenters. The van der Waals surface area contributed by atoms with Crippen molar-refractivity contribution >= 4 is 34.1 Å². The van der Waals surface area contributed by atoms with Crippen LogP contribution < -0.4 is 0 Å². The standard InChI is InChI=1S/C15H12F3IO2/c1-21-13(20)14(19)8-6-11(7-9-14)10-2-4-12(5-3-10)15(16,17)18/h2-8H,9H2,1H3/t14-/m0/s1. The van der Waals surface area contributed by atoms with Crippen LogP contribution in [0.25, 0.3) is 5.57 Å². The quantitative estimate of drug-likeness (QED) is 0.412. The number of ether oxygens (including phenoxy) is 1. The third-order valence-electron chi connectivity index (χ3n) is 3.22. The molecule has 1 aliphatic carbocycles. The van der Waals surface area contributed by atoms with Gasteiger partial charge in [0, 0.05) is 0 Å². The topological polar surface area (TPSA) is 26.3 Å². The van der Waals surface area contributed by atoms with Gasteiger partial charge < -0.3 is 4.74 Å². The Kier molecular flexibility index (Phi) is 4.46. The highest BCUT2D eigenvalue weighted by Gasteiger charge is 2.35. The largest absolute Gasteiger partial charge is 0.468 e. The average Bonchev–Trinajstić information content (AvgIpc) is 2.46. The summed E-state index contributed by atoms with van der Waals surface area (Å²) in [5.74, 6) is -0.345. The van der Waals surface area contributed by atoms with Crippen LogP contribution in [0.4, 0.5) is 13.2 Å². The molecular formula is C15H12F3IO2. The van der Waals surface area contributed by atoms with Crippen molar-refractivity contribution < 1.29 is 22.7 Å². The van der Waals surface area contributed by atoms with Crippen LogP contribution in [0.5, 0.6) is 0 Å². The van der Waals surface area contributed by atoms with Crippen LogP contribution in [0.3, 0.4) is 0 Å². The van der Waals surface area contributed by atoms with Gasteiger partial charge in [-0.3, -0.25) is 4.79 Å². The van der Waals surface area contributed by atoms with Crippen molar-refractivity contribution in [3.8, 4) is 0 Å². The van der Waals surface area contributed by atoms with Crippen molar-refractivity contribution in [3.63, 3.8) is 0 Å². The normalized spacial score (nSPS) is 21.9. The van der Waals surface area contributed by atoms with E-state index in [9.17, 15) is 18.0 Å². The molecule has 0 aromatic heterocycles. The van der Waals surface area contributed by atoms with E-state index in [0.717, 1.165) is 17.7 Å². The van der Waals surface area contributed by atoms with E-state index in [1.54, 1.807) is 12.2 Å². The van der Waals surface area contributed by atoms with Gasteiger partial charge in [0.2, 0.25) is 0 Å². The number of rotatable bonds is 2. The summed E-state index contributed by atoms with van der Waals surface area (Å²) < 4.78 is 41.5. The molecule has 0 unspecified atom stereocenters. The summed E-state index contributed by atoms with van der Waals surface area (Å²) in [5, 5.41) is 0. The number of esters is 1. The predicted molar refractivity (Wildman–Crippen MR) is 81.9 cm³/mol. The number of hydrogen-bond donors (Lipinski definition) is 0. The fourth-order valence-corrected chi connectivity index (χ4v) is 2.62. The number of halogens is 4. The van der Waals surface area contributed by atoms with Gasteiger partial charge in [-0.1, -0.05) is 53.0 Å². The first-order valence-electron chi connectivity index (χ1n) is 6.10. The second-order valence-corrected chi connectivity index (χ2v) is 6.55. The van der Waals surface area contributed by atoms with Crippen LogP contribution in [-0.4, -0.2) is 16.5 Å². The Bertz CT molecular complexity index is 602. The van der Waals surface area contributed by atoms with Crippen molar-refractivity contribution in [2.75, 3.05) is 7.11 Å². The smallest absolute Gasteiger partial charge is 0.416 e. The van der Waals surface area contributed by atoms with Gasteiger partial charge in [0.15, 0.2) is 0 Å². The Morgan fingerprint density at radius 2 is 1.90 bits per heavy atom. The second kappa shape index (κ2) is 5.82. The van der Waals surface area contributed by atoms with Crippen LogP contribution in [0.15, 0.2) is 42.5 Å². The highest BCUT2D eigenvalue weighted by molar-refractivity contribution is 14.1. The van der Waals surface area contributed by atoms with E-state index in [1.807, 2.05) is 28.7 Å². The number of benzene rings is 1. The molecule has 112 valence electrons. The summed E-state index contributed by atoms with van der Waals surface area (Å²) in [4.78, 5) is 11.7. The summed E-state index contributed by atoms with van der Waals surface area (Å²) in [6.07, 6.45) is 1.37. The molecule has 21 heavy (non-hydrogen) atoms. The predicted octanol–water partition coefficient (Wildman–Crippen LogP) is 4.40. The molecule has 1 aromatic carbocycles. The van der Waals surface area contributed by atoms with Gasteiger partial charge in [-0.15, -0.1) is 0 Å². The van der Waals surface area contributed by atoms with E-state index >= 15 is 0 Å². The fourth-order valence-electron chi connectivity index (χ4n) is 2.00. The SMILES string of the molecule is COC(=O)[C@]1(I)C=CC(c2ccc(C(F)(F)F)cc2)=CC1. The Balaban J connectivity index is 2.19. The van der Waals surface area contributed by atoms with E-state index in [2.05, 4.69) is 0 Å². The Hall–Kier alpha value is -1.31. The van der Waals surface area contributed by atoms with E-state index in [-0.39, 0.29) is 5.97 Å². The molecule has 2 nitrogen and oxygen atoms in total. The molecule has 0 amide bonds. The molecule has 0 fully saturated rings. The molecule has 6 heteroatoms. The van der Waals surface area contributed by atoms with Crippen molar-refractivity contribution in [2.24, 2.45) is 0 Å². The van der Waals surface area contributed by atoms with E-state index in [0.29, 0.717) is 12.0 Å². The first-order valence-corrected chi connectivity index (χ1v) is 7.18. The van der Waals surface area contributed by atoms with E-state index < -0.39 is 15.2 Å². The second-order valence-electron chi connectivity index (χ2n) is 4.63. The number of methoxy groups -OCH3 is 1. The minimum Gasteiger partial charge on any atom is -0.468 e. The van der Waals surface area contributed by atoms with Crippen molar-refractivity contribution in [1.29, 1.82) is 0 Å². The number of hydrogen-bond acceptors (Lipinski definition) is 2. The Morgan fingerprint density at radius 1 is 1.29 bits per heavy atom. The zero-order valence-electron chi connectivity index (χ0n) is 11.1. The van der Waals surface area contributed by atoms with Gasteiger partial charge in [0.25, 0.3) is 0 Å². The zero-order valence-corrected chi connectivity index (χ0v) is 13.2. The van der Waals surface area contributed by atoms with Gasteiger partial charge in [0.1, 0.15) is 3.42 Å². The Morgan fingerprint density at radius 3 is 2.33 bits per heavy atom. The molecule has 1 aromatic rings. The van der Waals surface area contributed by atoms with Crippen LogP contribution >= 0.6 is 22.6 Å². The molecule has 0 bridgehead atoms. The molecule has 0 radical (unpaired) electrons. The summed E-state index contributed by atoms with van der Waals surface area (Å²) in [7, 11) is 1.33. The monoisotopic (exact) mass is 408 g/mol. The van der Waals surface area contributed by atoms with E-state index in [4.69, 9.17) is 4.74 Å². The highest BCUT2D eigenvalue weighted by Crippen LogP contribution is 2.35. The lowest BCUT2D eigenvalue weighted by molar-refractivity contribution is -0.141. The third kappa shape index (κ3) is 3.48. The fraction of sp³-hybridized carbons (Fsp3) is 0.267. The number of allylic oxidation sites excluding steroid dienone is 3. The highest BCUT2D eigenvalue weighted by atomic mass is 127. The number of carbonyl (C=O) groups is 1. The first kappa shape index (κ1) is 16.1. The van der Waals surface area contributed by atoms with Crippen LogP contribution in [0, 0.1) is 0 Å². The molecule has 0 saturated carbocycles. The maximum atomic E-state index is 12.5. The van der Waals surface area contributed by atoms with Gasteiger partial charge in [-0.05, 0) is 29.7 Å². The minimum absolute atomic E-state index is 0.345. The molecule has 2 rings (SSSR count). The zero-order chi connectivity index (χ0) is 15.7. The molecule has 0 spiro atoms. The summed E-state index contributed by atoms with van der Waals surface area (Å²) in [6, 6.07) is 4.96. The maximum absolute atomic E-state index is 12.5. The number of carbonyl (C=O) groups excluding carboxylic acids is 1. The van der Waals surface area contributed by atoms with Gasteiger partial charge in [0.05, 0.1) is 12.7 Å². The van der Waals surface area contributed by atoms with Crippen LogP contribution in [0.1, 0.15) is 17.5 Å². The molecule has 1 aliphatic rings. The minimum atomic E-state index is -4.34. The van der Waals surface area contributed by atoms with Gasteiger partial charge in [-0.2, -0.15) is 13.2 Å². The van der Waals surface area contributed by atoms with Crippen molar-refractivity contribution in [1.82, 2.24) is 0 Å². The van der Waals surface area contributed by atoms with Crippen molar-refractivity contribution in [2.45, 2.75) is 16.0 Å². The van der Waals surface area contributed by atoms with Gasteiger partial charge in [-0.25, -0.2) is 0 Å². The number of alkyl halides is 4. The van der Waals surface area contributed by atoms with Crippen LogP contribution in [0.2, 0.25) is 0 Å². The Labute approximate surface area is 133 Å². The summed E-state index contributed by atoms with van der Waals surface area (Å²) in [6.45, 7) is 0. The molecular weight excluding hydrogens is 396 g/mol. The van der Waals surface area contributed by atoms with Crippen LogP contribution in [-0.2, 0) is 15.7 Å². The summed E-state index contributed by atoms with van der Waals surface area (Å²) >= 11 is 2.01. The molecule has 0 aliphatic heterocycles. The first-order chi connectivity index (χ1) is 9.76. The molecule has 0 N–H and O–H groups in total. The molecule has 0 saturated heterocycles. The molecule has 0 heterocycles. The van der Waals surface area contributed by atoms with Crippen molar-refractivity contribution in [3.05, 3.63) is 53.6 Å². The lowest BCUT2D eigenvalue weighted by atomic mass is 9.92. The lowest BCUT2D eigenvalue weighted by Crippen LogP contribution is -2.31. The maximum Gasteiger partial charge on any atom is 0.416 e. The average molecular weight is 408 g/mol. The lowest BCUT2D eigenvalue weighted by Gasteiger charge is -2.23. The summed E-state index contributed by atoms with van der Waals surface area (Å²) in [5.41, 5.74) is 0.798. The third-order valence-corrected chi connectivity index (χ3v) is 4.46. The van der Waals surface area contributed by atoms with E-state index in [1.165, 1.54) is 19.2 Å². The van der Waals surface area contributed by atoms with Gasteiger partial charge >= 0.3 is 12.1 Å².